The summed E-state index contributed by atoms with van der Waals surface area (Å²) in [5.41, 5.74) is 3.97. The van der Waals surface area contributed by atoms with Crippen molar-refractivity contribution >= 4 is 34.6 Å². The van der Waals surface area contributed by atoms with Gasteiger partial charge in [-0.2, -0.15) is 0 Å². The molecule has 1 amide bonds. The van der Waals surface area contributed by atoms with Crippen molar-refractivity contribution in [3.8, 4) is 5.88 Å². The number of nitrogens with zero attached hydrogens (tertiary/aromatic N) is 3. The van der Waals surface area contributed by atoms with Gasteiger partial charge in [-0.05, 0) is 57.5 Å². The number of hydrogen-bond donors (Lipinski definition) is 2. The van der Waals surface area contributed by atoms with Crippen molar-refractivity contribution in [1.82, 2.24) is 9.88 Å². The zero-order valence-electron chi connectivity index (χ0n) is 19.1. The van der Waals surface area contributed by atoms with Crippen molar-refractivity contribution in [1.29, 1.82) is 0 Å². The Balaban J connectivity index is 1.58. The van der Waals surface area contributed by atoms with Crippen molar-refractivity contribution in [2.45, 2.75) is 33.3 Å². The standard InChI is InChI=1S/C25H30N4O3/c1-17-7-5-8-18(15-17)26-16-19-22-20(27-23(19)30)9-6-10-21(22)28-11-13-29(14-12-28)24(31)32-25(2,3)4/h5-10,15-16,27,30H,11-14H2,1-4H3. The van der Waals surface area contributed by atoms with E-state index in [1.54, 1.807) is 11.1 Å². The Hall–Kier alpha value is -3.48. The predicted molar refractivity (Wildman–Crippen MR) is 128 cm³/mol. The van der Waals surface area contributed by atoms with E-state index in [0.29, 0.717) is 31.7 Å². The lowest BCUT2D eigenvalue weighted by molar-refractivity contribution is 0.0240. The maximum atomic E-state index is 12.4. The van der Waals surface area contributed by atoms with Crippen LogP contribution in [0.25, 0.3) is 10.9 Å². The first-order valence-electron chi connectivity index (χ1n) is 10.9. The van der Waals surface area contributed by atoms with Crippen LogP contribution in [0.4, 0.5) is 16.2 Å². The Bertz CT molecular complexity index is 1150. The molecule has 168 valence electrons. The van der Waals surface area contributed by atoms with Crippen LogP contribution in [-0.2, 0) is 4.74 Å². The van der Waals surface area contributed by atoms with Crippen LogP contribution in [0.5, 0.6) is 5.88 Å². The molecule has 7 nitrogen and oxygen atoms in total. The number of anilines is 1. The second-order valence-corrected chi connectivity index (χ2v) is 9.14. The molecule has 0 spiro atoms. The number of ether oxygens (including phenoxy) is 1. The van der Waals surface area contributed by atoms with E-state index >= 15 is 0 Å². The SMILES string of the molecule is Cc1cccc(N=Cc2c(O)[nH]c3cccc(N4CCN(C(=O)OC(C)(C)C)CC4)c23)c1. The van der Waals surface area contributed by atoms with Gasteiger partial charge < -0.3 is 24.6 Å². The number of carbonyl (C=O) groups is 1. The van der Waals surface area contributed by atoms with E-state index in [-0.39, 0.29) is 12.0 Å². The van der Waals surface area contributed by atoms with Gasteiger partial charge in [-0.25, -0.2) is 4.79 Å². The van der Waals surface area contributed by atoms with E-state index in [4.69, 9.17) is 4.74 Å². The lowest BCUT2D eigenvalue weighted by Crippen LogP contribution is -2.50. The number of aromatic amines is 1. The third-order valence-electron chi connectivity index (χ3n) is 5.44. The second-order valence-electron chi connectivity index (χ2n) is 9.14. The second kappa shape index (κ2) is 8.57. The molecular weight excluding hydrogens is 404 g/mol. The number of amides is 1. The molecule has 0 radical (unpaired) electrons. The Morgan fingerprint density at radius 2 is 1.84 bits per heavy atom. The highest BCUT2D eigenvalue weighted by atomic mass is 16.6. The van der Waals surface area contributed by atoms with E-state index in [2.05, 4.69) is 14.9 Å². The van der Waals surface area contributed by atoms with E-state index in [1.807, 2.05) is 70.2 Å². The highest BCUT2D eigenvalue weighted by molar-refractivity contribution is 6.08. The Kier molecular flexibility index (Phi) is 5.82. The number of aliphatic imine (C=N–C) groups is 1. The van der Waals surface area contributed by atoms with E-state index in [1.165, 1.54) is 0 Å². The molecule has 2 aromatic carbocycles. The molecule has 0 saturated carbocycles. The number of nitrogens with one attached hydrogen (secondary N) is 1. The lowest BCUT2D eigenvalue weighted by atomic mass is 10.1. The minimum Gasteiger partial charge on any atom is -0.494 e. The molecule has 4 rings (SSSR count). The number of aryl methyl sites for hydroxylation is 1. The van der Waals surface area contributed by atoms with Crippen molar-refractivity contribution < 1.29 is 14.6 Å². The maximum Gasteiger partial charge on any atom is 0.410 e. The molecule has 3 aromatic rings. The normalized spacial score (nSPS) is 15.0. The molecule has 0 unspecified atom stereocenters. The molecule has 1 fully saturated rings. The average Bonchev–Trinajstić information content (AvgIpc) is 3.06. The average molecular weight is 435 g/mol. The van der Waals surface area contributed by atoms with Gasteiger partial charge >= 0.3 is 6.09 Å². The summed E-state index contributed by atoms with van der Waals surface area (Å²) in [6, 6.07) is 13.9. The predicted octanol–water partition coefficient (Wildman–Crippen LogP) is 4.99. The molecule has 1 aromatic heterocycles. The molecule has 2 heterocycles. The Morgan fingerprint density at radius 3 is 2.53 bits per heavy atom. The Morgan fingerprint density at radius 1 is 1.12 bits per heavy atom. The van der Waals surface area contributed by atoms with Crippen molar-refractivity contribution in [2.24, 2.45) is 4.99 Å². The van der Waals surface area contributed by atoms with Gasteiger partial charge in [0.1, 0.15) is 5.60 Å². The zero-order chi connectivity index (χ0) is 22.9. The van der Waals surface area contributed by atoms with Crippen LogP contribution in [0.3, 0.4) is 0 Å². The molecule has 2 N–H and O–H groups in total. The summed E-state index contributed by atoms with van der Waals surface area (Å²) >= 11 is 0. The summed E-state index contributed by atoms with van der Waals surface area (Å²) < 4.78 is 5.51. The molecule has 0 aliphatic carbocycles. The number of carbonyl (C=O) groups excluding carboxylic acids is 1. The molecule has 0 bridgehead atoms. The first-order valence-corrected chi connectivity index (χ1v) is 10.9. The van der Waals surface area contributed by atoms with Crippen LogP contribution in [0, 0.1) is 6.92 Å². The van der Waals surface area contributed by atoms with Crippen molar-refractivity contribution in [2.75, 3.05) is 31.1 Å². The topological polar surface area (TPSA) is 81.2 Å². The van der Waals surface area contributed by atoms with Crippen LogP contribution in [0.2, 0.25) is 0 Å². The summed E-state index contributed by atoms with van der Waals surface area (Å²) in [6.07, 6.45) is 1.43. The van der Waals surface area contributed by atoms with Crippen LogP contribution in [0.1, 0.15) is 31.9 Å². The van der Waals surface area contributed by atoms with Gasteiger partial charge in [-0.15, -0.1) is 0 Å². The van der Waals surface area contributed by atoms with Crippen molar-refractivity contribution in [3.05, 3.63) is 53.6 Å². The fourth-order valence-corrected chi connectivity index (χ4v) is 3.93. The first-order chi connectivity index (χ1) is 15.2. The minimum absolute atomic E-state index is 0.0937. The molecule has 1 aliphatic heterocycles. The van der Waals surface area contributed by atoms with Gasteiger partial charge in [0.05, 0.1) is 16.8 Å². The molecule has 7 heteroatoms. The number of piperazine rings is 1. The van der Waals surface area contributed by atoms with E-state index < -0.39 is 5.60 Å². The summed E-state index contributed by atoms with van der Waals surface area (Å²) in [4.78, 5) is 24.0. The van der Waals surface area contributed by atoms with Gasteiger partial charge in [0.2, 0.25) is 0 Å². The minimum atomic E-state index is -0.506. The fourth-order valence-electron chi connectivity index (χ4n) is 3.93. The number of aromatic nitrogens is 1. The van der Waals surface area contributed by atoms with Gasteiger partial charge in [-0.1, -0.05) is 18.2 Å². The van der Waals surface area contributed by atoms with E-state index in [0.717, 1.165) is 27.8 Å². The largest absolute Gasteiger partial charge is 0.494 e. The quantitative estimate of drug-likeness (QED) is 0.569. The van der Waals surface area contributed by atoms with Gasteiger partial charge in [-0.3, -0.25) is 4.99 Å². The van der Waals surface area contributed by atoms with Crippen LogP contribution < -0.4 is 4.90 Å². The highest BCUT2D eigenvalue weighted by Crippen LogP contribution is 2.35. The van der Waals surface area contributed by atoms with E-state index in [9.17, 15) is 9.90 Å². The number of H-pyrrole nitrogens is 1. The number of rotatable bonds is 3. The zero-order valence-corrected chi connectivity index (χ0v) is 19.1. The molecular formula is C25H30N4O3. The highest BCUT2D eigenvalue weighted by Gasteiger charge is 2.27. The number of aromatic hydroxyl groups is 1. The summed E-state index contributed by atoms with van der Waals surface area (Å²) in [6.45, 7) is 10.2. The first kappa shape index (κ1) is 21.7. The van der Waals surface area contributed by atoms with Gasteiger partial charge in [0.25, 0.3) is 0 Å². The summed E-state index contributed by atoms with van der Waals surface area (Å²) in [7, 11) is 0. The monoisotopic (exact) mass is 434 g/mol. The molecule has 1 aliphatic rings. The number of hydrogen-bond acceptors (Lipinski definition) is 5. The van der Waals surface area contributed by atoms with Crippen LogP contribution in [-0.4, -0.2) is 59.1 Å². The molecule has 1 saturated heterocycles. The van der Waals surface area contributed by atoms with Crippen LogP contribution in [0.15, 0.2) is 47.5 Å². The van der Waals surface area contributed by atoms with Crippen molar-refractivity contribution in [3.63, 3.8) is 0 Å². The molecule has 0 atom stereocenters. The smallest absolute Gasteiger partial charge is 0.410 e. The lowest BCUT2D eigenvalue weighted by Gasteiger charge is -2.37. The Labute approximate surface area is 188 Å². The summed E-state index contributed by atoms with van der Waals surface area (Å²) in [5, 5.41) is 11.5. The fraction of sp³-hybridized carbons (Fsp3) is 0.360. The number of fused-ring (bicyclic) bond motifs is 1. The van der Waals surface area contributed by atoms with Crippen LogP contribution >= 0.6 is 0 Å². The third kappa shape index (κ3) is 4.72. The number of benzene rings is 2. The maximum absolute atomic E-state index is 12.4. The molecule has 32 heavy (non-hydrogen) atoms. The third-order valence-corrected chi connectivity index (χ3v) is 5.44. The van der Waals surface area contributed by atoms with Gasteiger partial charge in [0, 0.05) is 43.5 Å². The van der Waals surface area contributed by atoms with Gasteiger partial charge in [0.15, 0.2) is 5.88 Å². The summed E-state index contributed by atoms with van der Waals surface area (Å²) in [5.74, 6) is 0.0937.